The fraction of sp³-hybridized carbons (Fsp3) is 0.531. The lowest BCUT2D eigenvalue weighted by Gasteiger charge is -2.36. The van der Waals surface area contributed by atoms with E-state index in [4.69, 9.17) is 4.98 Å². The number of halogens is 2. The Balaban J connectivity index is 0.666. The number of nitrogens with zero attached hydrogens (tertiary/aromatic N) is 6. The number of hydrogen-bond donors (Lipinski definition) is 4. The van der Waals surface area contributed by atoms with Gasteiger partial charge >= 0.3 is 0 Å². The Morgan fingerprint density at radius 3 is 2.18 bits per heavy atom. The normalized spacial score (nSPS) is 17.6. The maximum absolute atomic E-state index is 14.6. The van der Waals surface area contributed by atoms with Gasteiger partial charge in [0, 0.05) is 88.2 Å². The third-order valence-electron chi connectivity index (χ3n) is 12.9. The molecule has 2 atom stereocenters. The summed E-state index contributed by atoms with van der Waals surface area (Å²) in [5.74, 6) is -0.963. The number of unbranched alkanes of at least 4 members (excludes halogenated alkanes) is 9. The summed E-state index contributed by atoms with van der Waals surface area (Å²) >= 11 is 0. The minimum Gasteiger partial charge on any atom is -0.374 e. The summed E-state index contributed by atoms with van der Waals surface area (Å²) in [6, 6.07) is 12.5. The number of hydrogen-bond acceptors (Lipinski definition) is 10. The smallest absolute Gasteiger partial charge is 0.256 e. The van der Waals surface area contributed by atoms with Crippen molar-refractivity contribution in [1.29, 1.82) is 0 Å². The van der Waals surface area contributed by atoms with E-state index >= 15 is 0 Å². The van der Waals surface area contributed by atoms with Crippen LogP contribution in [0.15, 0.2) is 60.9 Å². The fourth-order valence-corrected chi connectivity index (χ4v) is 9.16. The highest BCUT2D eigenvalue weighted by atomic mass is 19.1. The molecule has 354 valence electrons. The molecular formula is C49H64F2N10O5. The zero-order valence-corrected chi connectivity index (χ0v) is 37.9. The average Bonchev–Trinajstić information content (AvgIpc) is 3.99. The number of anilines is 3. The Kier molecular flexibility index (Phi) is 17.3. The lowest BCUT2D eigenvalue weighted by Crippen LogP contribution is -2.48. The first kappa shape index (κ1) is 47.8. The monoisotopic (exact) mass is 911 g/mol. The Bertz CT molecular complexity index is 2280. The molecule has 0 radical (unpaired) electrons. The van der Waals surface area contributed by atoms with Crippen LogP contribution in [0.25, 0.3) is 5.65 Å². The lowest BCUT2D eigenvalue weighted by molar-refractivity contribution is -0.134. The molecule has 0 bridgehead atoms. The van der Waals surface area contributed by atoms with Crippen LogP contribution in [0.1, 0.15) is 131 Å². The van der Waals surface area contributed by atoms with Gasteiger partial charge in [0.25, 0.3) is 5.91 Å². The van der Waals surface area contributed by atoms with Gasteiger partial charge in [-0.25, -0.2) is 18.3 Å². The van der Waals surface area contributed by atoms with Crippen molar-refractivity contribution < 1.29 is 32.8 Å². The van der Waals surface area contributed by atoms with Crippen LogP contribution < -0.4 is 31.1 Å². The van der Waals surface area contributed by atoms with Gasteiger partial charge in [-0.15, -0.1) is 0 Å². The maximum Gasteiger partial charge on any atom is 0.256 e. The van der Waals surface area contributed by atoms with Crippen LogP contribution in [0, 0.1) is 11.6 Å². The van der Waals surface area contributed by atoms with E-state index in [0.29, 0.717) is 93.8 Å². The number of rotatable bonds is 23. The summed E-state index contributed by atoms with van der Waals surface area (Å²) in [4.78, 5) is 72.7. The van der Waals surface area contributed by atoms with Crippen molar-refractivity contribution in [3.05, 3.63) is 83.7 Å². The van der Waals surface area contributed by atoms with E-state index in [2.05, 4.69) is 31.3 Å². The molecule has 2 unspecified atom stereocenters. The van der Waals surface area contributed by atoms with E-state index in [1.165, 1.54) is 36.0 Å². The minimum atomic E-state index is -0.490. The van der Waals surface area contributed by atoms with E-state index in [1.54, 1.807) is 12.3 Å². The van der Waals surface area contributed by atoms with Gasteiger partial charge in [-0.1, -0.05) is 51.4 Å². The van der Waals surface area contributed by atoms with E-state index in [0.717, 1.165) is 88.0 Å². The first-order chi connectivity index (χ1) is 32.1. The Morgan fingerprint density at radius 1 is 0.758 bits per heavy atom. The van der Waals surface area contributed by atoms with Crippen LogP contribution in [0.5, 0.6) is 0 Å². The molecule has 0 aliphatic carbocycles. The van der Waals surface area contributed by atoms with Gasteiger partial charge < -0.3 is 30.7 Å². The maximum atomic E-state index is 14.6. The highest BCUT2D eigenvalue weighted by Crippen LogP contribution is 2.37. The van der Waals surface area contributed by atoms with Gasteiger partial charge in [0.05, 0.1) is 12.2 Å². The molecule has 0 saturated carbocycles. The van der Waals surface area contributed by atoms with Gasteiger partial charge in [0.1, 0.15) is 29.1 Å². The molecule has 7 rings (SSSR count). The Morgan fingerprint density at radius 2 is 1.45 bits per heavy atom. The molecule has 5 amide bonds. The zero-order valence-electron chi connectivity index (χ0n) is 37.9. The molecule has 3 saturated heterocycles. The second-order valence-electron chi connectivity index (χ2n) is 17.7. The van der Waals surface area contributed by atoms with Crippen molar-refractivity contribution in [1.82, 2.24) is 35.4 Å². The van der Waals surface area contributed by atoms with E-state index in [-0.39, 0.29) is 35.6 Å². The molecule has 0 spiro atoms. The molecule has 66 heavy (non-hydrogen) atoms. The van der Waals surface area contributed by atoms with Crippen LogP contribution >= 0.6 is 0 Å². The first-order valence-corrected chi connectivity index (χ1v) is 24.0. The van der Waals surface area contributed by atoms with Gasteiger partial charge in [0.15, 0.2) is 5.65 Å². The predicted molar refractivity (Wildman–Crippen MR) is 249 cm³/mol. The van der Waals surface area contributed by atoms with Crippen molar-refractivity contribution in [2.24, 2.45) is 0 Å². The highest BCUT2D eigenvalue weighted by Gasteiger charge is 2.31. The number of fused-ring (bicyclic) bond motifs is 1. The standard InChI is InChI=1S/C49H64F2N10O5/c50-35-16-21-40(51)38(33-35)42-13-11-27-60(42)43-24-28-61-47(56-43)39(34-54-61)48(65)53-26-12-25-52-44(62)14-9-7-5-3-1-2-4-6-8-10-15-46(64)59-31-29-58(30-32-59)37-19-17-36(18-20-37)55-41-22-23-45(63)57-49(41)66/h16-21,24,28,33-34,41-42,55H,1-15,22-23,25-27,29-32H2,(H,52,62)(H,53,65)(H,57,63,66). The number of nitrogens with one attached hydrogen (secondary N) is 4. The van der Waals surface area contributed by atoms with Gasteiger partial charge in [-0.3, -0.25) is 29.3 Å². The second-order valence-corrected chi connectivity index (χ2v) is 17.7. The van der Waals surface area contributed by atoms with Crippen molar-refractivity contribution in [3.8, 4) is 0 Å². The summed E-state index contributed by atoms with van der Waals surface area (Å²) in [5, 5.41) is 15.7. The molecule has 5 heterocycles. The number of carbonyl (C=O) groups is 5. The van der Waals surface area contributed by atoms with Crippen molar-refractivity contribution >= 4 is 52.4 Å². The van der Waals surface area contributed by atoms with E-state index < -0.39 is 17.7 Å². The summed E-state index contributed by atoms with van der Waals surface area (Å²) < 4.78 is 30.1. The van der Waals surface area contributed by atoms with Crippen molar-refractivity contribution in [2.75, 3.05) is 60.9 Å². The molecule has 3 fully saturated rings. The van der Waals surface area contributed by atoms with Crippen molar-refractivity contribution in [2.45, 2.75) is 121 Å². The molecule has 3 aliphatic rings. The number of amides is 5. The van der Waals surface area contributed by atoms with Gasteiger partial charge in [0.2, 0.25) is 23.6 Å². The molecule has 2 aromatic carbocycles. The SMILES string of the molecule is O=C(CCCCCCCCCCCCC(=O)N1CCN(c2ccc(NC3CCC(=O)NC3=O)cc2)CC1)NCCCNC(=O)c1cnn2ccc(N3CCCC3c3cc(F)ccc3F)nc12. The van der Waals surface area contributed by atoms with Crippen LogP contribution in [-0.2, 0) is 19.2 Å². The topological polar surface area (TPSA) is 173 Å². The third-order valence-corrected chi connectivity index (χ3v) is 12.9. The average molecular weight is 911 g/mol. The van der Waals surface area contributed by atoms with E-state index in [9.17, 15) is 32.8 Å². The number of imide groups is 1. The first-order valence-electron chi connectivity index (χ1n) is 24.0. The number of benzene rings is 2. The lowest BCUT2D eigenvalue weighted by atomic mass is 10.0. The van der Waals surface area contributed by atoms with Gasteiger partial charge in [-0.05, 0) is 87.1 Å². The zero-order chi connectivity index (χ0) is 46.3. The molecular weight excluding hydrogens is 847 g/mol. The summed E-state index contributed by atoms with van der Waals surface area (Å²) in [6.45, 7) is 4.45. The molecule has 4 N–H and O–H groups in total. The largest absolute Gasteiger partial charge is 0.374 e. The molecule has 15 nitrogen and oxygen atoms in total. The van der Waals surface area contributed by atoms with Gasteiger partial charge in [-0.2, -0.15) is 5.10 Å². The molecule has 2 aromatic heterocycles. The Labute approximate surface area is 385 Å². The number of aromatic nitrogens is 3. The third kappa shape index (κ3) is 13.2. The molecule has 3 aliphatic heterocycles. The summed E-state index contributed by atoms with van der Waals surface area (Å²) in [7, 11) is 0. The van der Waals surface area contributed by atoms with Crippen LogP contribution in [0.4, 0.5) is 26.0 Å². The number of piperidine rings is 1. The van der Waals surface area contributed by atoms with Crippen LogP contribution in [0.2, 0.25) is 0 Å². The highest BCUT2D eigenvalue weighted by molar-refractivity contribution is 6.01. The fourth-order valence-electron chi connectivity index (χ4n) is 9.16. The number of carbonyl (C=O) groups excluding carboxylic acids is 5. The predicted octanol–water partition coefficient (Wildman–Crippen LogP) is 6.83. The number of piperazine rings is 1. The minimum absolute atomic E-state index is 0.0185. The summed E-state index contributed by atoms with van der Waals surface area (Å²) in [5.41, 5.74) is 2.90. The second kappa shape index (κ2) is 23.9. The van der Waals surface area contributed by atoms with Crippen molar-refractivity contribution in [3.63, 3.8) is 0 Å². The van der Waals surface area contributed by atoms with Crippen LogP contribution in [-0.4, -0.2) is 101 Å². The summed E-state index contributed by atoms with van der Waals surface area (Å²) in [6.07, 6.45) is 17.9. The molecule has 4 aromatic rings. The molecule has 17 heteroatoms. The quantitative estimate of drug-likeness (QED) is 0.0457. The van der Waals surface area contributed by atoms with Crippen LogP contribution in [0.3, 0.4) is 0 Å². The Hall–Kier alpha value is -6.13. The van der Waals surface area contributed by atoms with E-state index in [1.807, 2.05) is 34.1 Å².